The number of rotatable bonds is 2. The molecular formula is C21H29NaO5. The van der Waals surface area contributed by atoms with Crippen molar-refractivity contribution in [2.24, 2.45) is 28.6 Å². The summed E-state index contributed by atoms with van der Waals surface area (Å²) in [5.74, 6) is -0.227. The van der Waals surface area contributed by atoms with Gasteiger partial charge in [-0.25, -0.2) is 0 Å². The van der Waals surface area contributed by atoms with Gasteiger partial charge in [-0.1, -0.05) is 25.5 Å². The molecule has 3 fully saturated rings. The Balaban J connectivity index is 0.00000140. The van der Waals surface area contributed by atoms with Crippen molar-refractivity contribution >= 4 is 11.6 Å². The molecule has 4 aliphatic rings. The minimum Gasteiger partial charge on any atom is -1.00 e. The maximum absolute atomic E-state index is 12.4. The van der Waals surface area contributed by atoms with Crippen LogP contribution in [0.25, 0.3) is 0 Å². The van der Waals surface area contributed by atoms with Crippen LogP contribution in [0.1, 0.15) is 47.4 Å². The molecule has 144 valence electrons. The van der Waals surface area contributed by atoms with E-state index in [1.807, 2.05) is 13.0 Å². The van der Waals surface area contributed by atoms with Crippen molar-refractivity contribution in [3.05, 3.63) is 23.8 Å². The molecule has 4 rings (SSSR count). The number of hydrogen-bond donors (Lipinski definition) is 3. The maximum Gasteiger partial charge on any atom is 1.00 e. The van der Waals surface area contributed by atoms with Gasteiger partial charge in [0.1, 0.15) is 12.2 Å². The molecule has 27 heavy (non-hydrogen) atoms. The molecule has 6 heteroatoms. The average molecular weight is 384 g/mol. The van der Waals surface area contributed by atoms with Crippen LogP contribution >= 0.6 is 0 Å². The summed E-state index contributed by atoms with van der Waals surface area (Å²) in [5.41, 5.74) is -1.54. The summed E-state index contributed by atoms with van der Waals surface area (Å²) in [4.78, 5) is 24.2. The topological polar surface area (TPSA) is 94.8 Å². The standard InChI is InChI=1S/C21H28O5.Na.H/c1-19-7-5-13(23)9-12(19)3-4-14-15-6-8-21(26,17(25)11-22)20(15,2)10-16(24)18(14)19;;/h5,7,9,14-16,18,22,24,26H,3-4,6,8,10-11H2,1-2H3;;/q;+1;-1/t14-,15?,16?,18+,19+,20+,21+;;/m1../s1. The molecule has 0 aliphatic heterocycles. The van der Waals surface area contributed by atoms with Crippen molar-refractivity contribution in [3.63, 3.8) is 0 Å². The zero-order chi connectivity index (χ0) is 18.9. The Morgan fingerprint density at radius 3 is 2.70 bits per heavy atom. The Hall–Kier alpha value is -0.300. The number of aliphatic hydroxyl groups is 3. The van der Waals surface area contributed by atoms with Crippen LogP contribution in [0.3, 0.4) is 0 Å². The number of allylic oxidation sites excluding steroid dienone is 4. The Labute approximate surface area is 183 Å². The molecule has 0 aromatic rings. The fourth-order valence-corrected chi connectivity index (χ4v) is 6.92. The zero-order valence-electron chi connectivity index (χ0n) is 17.4. The first-order valence-corrected chi connectivity index (χ1v) is 9.66. The smallest absolute Gasteiger partial charge is 1.00 e. The molecule has 0 radical (unpaired) electrons. The molecule has 0 saturated heterocycles. The van der Waals surface area contributed by atoms with Gasteiger partial charge in [0, 0.05) is 16.7 Å². The fraction of sp³-hybridized carbons (Fsp3) is 0.714. The van der Waals surface area contributed by atoms with Crippen LogP contribution in [0.4, 0.5) is 0 Å². The van der Waals surface area contributed by atoms with Gasteiger partial charge in [0.15, 0.2) is 11.6 Å². The third-order valence-electron chi connectivity index (χ3n) is 8.25. The van der Waals surface area contributed by atoms with E-state index in [-0.39, 0.29) is 59.9 Å². The normalized spacial score (nSPS) is 48.0. The number of carbonyl (C=O) groups excluding carboxylic acids is 2. The van der Waals surface area contributed by atoms with Gasteiger partial charge in [-0.05, 0) is 56.1 Å². The summed E-state index contributed by atoms with van der Waals surface area (Å²) in [5, 5.41) is 31.7. The third kappa shape index (κ3) is 2.73. The second-order valence-corrected chi connectivity index (χ2v) is 9.19. The van der Waals surface area contributed by atoms with Crippen LogP contribution in [0.5, 0.6) is 0 Å². The molecular weight excluding hydrogens is 355 g/mol. The molecule has 0 amide bonds. The molecule has 2 unspecified atom stereocenters. The maximum atomic E-state index is 12.4. The predicted molar refractivity (Wildman–Crippen MR) is 96.2 cm³/mol. The van der Waals surface area contributed by atoms with Crippen molar-refractivity contribution in [2.45, 2.75) is 57.7 Å². The SMILES string of the molecule is C[C@]12C=CC(=O)C=C1CC[C@@H]1C3CC[C@](O)(C(=O)CO)[C@@]3(C)CC(O)[C@H]12.[H-].[Na+]. The first kappa shape index (κ1) is 21.4. The zero-order valence-corrected chi connectivity index (χ0v) is 18.4. The van der Waals surface area contributed by atoms with Gasteiger partial charge < -0.3 is 16.7 Å². The Bertz CT molecular complexity index is 736. The van der Waals surface area contributed by atoms with Gasteiger partial charge >= 0.3 is 29.6 Å². The molecule has 0 aromatic carbocycles. The van der Waals surface area contributed by atoms with Crippen LogP contribution < -0.4 is 29.6 Å². The van der Waals surface area contributed by atoms with E-state index < -0.39 is 29.5 Å². The fourth-order valence-electron chi connectivity index (χ4n) is 6.92. The molecule has 0 aromatic heterocycles. The van der Waals surface area contributed by atoms with Gasteiger partial charge in [-0.3, -0.25) is 9.59 Å². The third-order valence-corrected chi connectivity index (χ3v) is 8.25. The Morgan fingerprint density at radius 2 is 2.04 bits per heavy atom. The molecule has 3 saturated carbocycles. The van der Waals surface area contributed by atoms with Crippen molar-refractivity contribution in [1.29, 1.82) is 0 Å². The van der Waals surface area contributed by atoms with Gasteiger partial charge in [0.2, 0.25) is 0 Å². The quantitative estimate of drug-likeness (QED) is 0.513. The monoisotopic (exact) mass is 384 g/mol. The van der Waals surface area contributed by atoms with Crippen LogP contribution in [-0.2, 0) is 9.59 Å². The van der Waals surface area contributed by atoms with E-state index in [4.69, 9.17) is 0 Å². The van der Waals surface area contributed by atoms with Gasteiger partial charge in [0.25, 0.3) is 0 Å². The Morgan fingerprint density at radius 1 is 1.33 bits per heavy atom. The summed E-state index contributed by atoms with van der Waals surface area (Å²) in [6.07, 6.45) is 7.68. The van der Waals surface area contributed by atoms with Crippen molar-refractivity contribution in [3.8, 4) is 0 Å². The van der Waals surface area contributed by atoms with Crippen molar-refractivity contribution < 1.29 is 55.9 Å². The largest absolute Gasteiger partial charge is 1.00 e. The second-order valence-electron chi connectivity index (χ2n) is 9.19. The number of aliphatic hydroxyl groups excluding tert-OH is 2. The molecule has 4 aliphatic carbocycles. The van der Waals surface area contributed by atoms with E-state index in [9.17, 15) is 24.9 Å². The van der Waals surface area contributed by atoms with Crippen LogP contribution in [0.15, 0.2) is 23.8 Å². The van der Waals surface area contributed by atoms with Crippen LogP contribution in [-0.4, -0.2) is 45.2 Å². The molecule has 0 bridgehead atoms. The molecule has 3 N–H and O–H groups in total. The number of Topliss-reactive ketones (excluding diaryl/α,β-unsaturated/α-hetero) is 1. The first-order valence-electron chi connectivity index (χ1n) is 9.66. The summed E-state index contributed by atoms with van der Waals surface area (Å²) < 4.78 is 0. The van der Waals surface area contributed by atoms with Crippen molar-refractivity contribution in [1.82, 2.24) is 0 Å². The average Bonchev–Trinajstić information content (AvgIpc) is 2.86. The summed E-state index contributed by atoms with van der Waals surface area (Å²) in [6.45, 7) is 3.34. The minimum atomic E-state index is -1.56. The molecule has 7 atom stereocenters. The van der Waals surface area contributed by atoms with E-state index >= 15 is 0 Å². The summed E-state index contributed by atoms with van der Waals surface area (Å²) in [7, 11) is 0. The molecule has 0 heterocycles. The van der Waals surface area contributed by atoms with E-state index in [1.165, 1.54) is 0 Å². The second kappa shape index (κ2) is 6.89. The first-order chi connectivity index (χ1) is 12.2. The molecule has 5 nitrogen and oxygen atoms in total. The van der Waals surface area contributed by atoms with E-state index in [1.54, 1.807) is 12.2 Å². The van der Waals surface area contributed by atoms with E-state index in [2.05, 4.69) is 6.92 Å². The van der Waals surface area contributed by atoms with Gasteiger partial charge in [-0.2, -0.15) is 0 Å². The van der Waals surface area contributed by atoms with Gasteiger partial charge in [-0.15, -0.1) is 0 Å². The number of carbonyl (C=O) groups is 2. The van der Waals surface area contributed by atoms with E-state index in [0.29, 0.717) is 12.8 Å². The number of fused-ring (bicyclic) bond motifs is 5. The summed E-state index contributed by atoms with van der Waals surface area (Å²) >= 11 is 0. The van der Waals surface area contributed by atoms with Crippen molar-refractivity contribution in [2.75, 3.05) is 6.61 Å². The number of hydrogen-bond acceptors (Lipinski definition) is 5. The van der Waals surface area contributed by atoms with Crippen LogP contribution in [0.2, 0.25) is 0 Å². The van der Waals surface area contributed by atoms with Crippen LogP contribution in [0, 0.1) is 28.6 Å². The van der Waals surface area contributed by atoms with E-state index in [0.717, 1.165) is 24.8 Å². The predicted octanol–water partition coefficient (Wildman–Crippen LogP) is -1.33. The summed E-state index contributed by atoms with van der Waals surface area (Å²) in [6, 6.07) is 0. The number of ketones is 2. The van der Waals surface area contributed by atoms with Gasteiger partial charge in [0.05, 0.1) is 6.10 Å². The molecule has 0 spiro atoms. The Kier molecular flexibility index (Phi) is 5.46. The minimum absolute atomic E-state index is 0.